The van der Waals surface area contributed by atoms with Gasteiger partial charge in [0.25, 0.3) is 0 Å². The van der Waals surface area contributed by atoms with Crippen LogP contribution in [0, 0.1) is 0 Å². The van der Waals surface area contributed by atoms with Crippen molar-refractivity contribution in [3.8, 4) is 17.2 Å². The molecule has 22 heavy (non-hydrogen) atoms. The van der Waals surface area contributed by atoms with Gasteiger partial charge in [0.15, 0.2) is 11.5 Å². The van der Waals surface area contributed by atoms with Crippen molar-refractivity contribution >= 4 is 11.7 Å². The van der Waals surface area contributed by atoms with E-state index in [-0.39, 0.29) is 12.8 Å². The third kappa shape index (κ3) is 3.22. The number of nitrogens with one attached hydrogen (secondary N) is 2. The highest BCUT2D eigenvalue weighted by Gasteiger charge is 2.13. The number of hydrogen-bond acceptors (Lipinski definition) is 4. The van der Waals surface area contributed by atoms with Crippen LogP contribution < -0.4 is 24.8 Å². The van der Waals surface area contributed by atoms with Gasteiger partial charge in [0.2, 0.25) is 6.79 Å². The van der Waals surface area contributed by atoms with Crippen LogP contribution in [-0.2, 0) is 6.54 Å². The van der Waals surface area contributed by atoms with Crippen LogP contribution in [-0.4, -0.2) is 19.9 Å². The third-order valence-electron chi connectivity index (χ3n) is 3.22. The summed E-state index contributed by atoms with van der Waals surface area (Å²) in [6, 6.07) is 12.5. The standard InChI is InChI=1S/C16H16N2O4/c1-20-13-4-2-3-12(8-13)18-16(19)17-9-11-5-6-14-15(7-11)22-10-21-14/h2-8H,9-10H2,1H3,(H2,17,18,19). The van der Waals surface area contributed by atoms with Crippen molar-refractivity contribution in [2.75, 3.05) is 19.2 Å². The molecule has 114 valence electrons. The molecule has 1 aliphatic rings. The molecule has 3 rings (SSSR count). The van der Waals surface area contributed by atoms with E-state index in [2.05, 4.69) is 10.6 Å². The van der Waals surface area contributed by atoms with Crippen LogP contribution in [0.2, 0.25) is 0 Å². The molecule has 0 saturated heterocycles. The monoisotopic (exact) mass is 300 g/mol. The number of carbonyl (C=O) groups excluding carboxylic acids is 1. The average Bonchev–Trinajstić information content (AvgIpc) is 3.00. The summed E-state index contributed by atoms with van der Waals surface area (Å²) < 4.78 is 15.7. The van der Waals surface area contributed by atoms with Crippen molar-refractivity contribution in [3.05, 3.63) is 48.0 Å². The van der Waals surface area contributed by atoms with Gasteiger partial charge in [-0.05, 0) is 29.8 Å². The first kappa shape index (κ1) is 14.1. The number of hydrogen-bond donors (Lipinski definition) is 2. The van der Waals surface area contributed by atoms with E-state index in [0.717, 1.165) is 11.3 Å². The minimum absolute atomic E-state index is 0.239. The molecular formula is C16H16N2O4. The summed E-state index contributed by atoms with van der Waals surface area (Å²) in [7, 11) is 1.58. The van der Waals surface area contributed by atoms with Gasteiger partial charge in [0.1, 0.15) is 5.75 Å². The van der Waals surface area contributed by atoms with Gasteiger partial charge in [-0.2, -0.15) is 0 Å². The average molecular weight is 300 g/mol. The Hall–Kier alpha value is -2.89. The highest BCUT2D eigenvalue weighted by atomic mass is 16.7. The SMILES string of the molecule is COc1cccc(NC(=O)NCc2ccc3c(c2)OCO3)c1. The van der Waals surface area contributed by atoms with Crippen molar-refractivity contribution in [2.24, 2.45) is 0 Å². The lowest BCUT2D eigenvalue weighted by atomic mass is 10.2. The second-order valence-electron chi connectivity index (χ2n) is 4.73. The number of rotatable bonds is 4. The van der Waals surface area contributed by atoms with Crippen LogP contribution in [0.1, 0.15) is 5.56 Å². The first-order valence-corrected chi connectivity index (χ1v) is 6.82. The lowest BCUT2D eigenvalue weighted by Crippen LogP contribution is -2.28. The Morgan fingerprint density at radius 3 is 2.91 bits per heavy atom. The lowest BCUT2D eigenvalue weighted by Gasteiger charge is -2.09. The molecule has 0 fully saturated rings. The number of ether oxygens (including phenoxy) is 3. The van der Waals surface area contributed by atoms with Gasteiger partial charge < -0.3 is 24.8 Å². The Bertz CT molecular complexity index is 688. The Morgan fingerprint density at radius 1 is 1.18 bits per heavy atom. The molecule has 0 radical (unpaired) electrons. The van der Waals surface area contributed by atoms with Crippen LogP contribution >= 0.6 is 0 Å². The van der Waals surface area contributed by atoms with E-state index in [0.29, 0.717) is 23.7 Å². The van der Waals surface area contributed by atoms with Crippen molar-refractivity contribution in [1.82, 2.24) is 5.32 Å². The fraction of sp³-hybridized carbons (Fsp3) is 0.188. The predicted octanol–water partition coefficient (Wildman–Crippen LogP) is 2.75. The van der Waals surface area contributed by atoms with Gasteiger partial charge in [-0.25, -0.2) is 4.79 Å². The van der Waals surface area contributed by atoms with Gasteiger partial charge in [0, 0.05) is 18.3 Å². The number of amides is 2. The summed E-state index contributed by atoms with van der Waals surface area (Å²) in [6.45, 7) is 0.634. The number of methoxy groups -OCH3 is 1. The Morgan fingerprint density at radius 2 is 2.05 bits per heavy atom. The van der Waals surface area contributed by atoms with E-state index >= 15 is 0 Å². The van der Waals surface area contributed by atoms with Gasteiger partial charge in [-0.1, -0.05) is 12.1 Å². The topological polar surface area (TPSA) is 68.8 Å². The largest absolute Gasteiger partial charge is 0.497 e. The third-order valence-corrected chi connectivity index (χ3v) is 3.22. The highest BCUT2D eigenvalue weighted by molar-refractivity contribution is 5.89. The molecule has 2 aromatic carbocycles. The van der Waals surface area contributed by atoms with Gasteiger partial charge in [0.05, 0.1) is 7.11 Å². The summed E-state index contributed by atoms with van der Waals surface area (Å²) in [4.78, 5) is 11.9. The van der Waals surface area contributed by atoms with E-state index in [1.807, 2.05) is 30.3 Å². The molecule has 6 heteroatoms. The number of anilines is 1. The van der Waals surface area contributed by atoms with Crippen LogP contribution in [0.3, 0.4) is 0 Å². The molecule has 0 spiro atoms. The minimum Gasteiger partial charge on any atom is -0.497 e. The number of fused-ring (bicyclic) bond motifs is 1. The smallest absolute Gasteiger partial charge is 0.319 e. The summed E-state index contributed by atoms with van der Waals surface area (Å²) in [5, 5.41) is 5.54. The van der Waals surface area contributed by atoms with E-state index < -0.39 is 0 Å². The van der Waals surface area contributed by atoms with Gasteiger partial charge in [-0.3, -0.25) is 0 Å². The zero-order valence-electron chi connectivity index (χ0n) is 12.1. The molecule has 0 unspecified atom stereocenters. The van der Waals surface area contributed by atoms with Gasteiger partial charge >= 0.3 is 6.03 Å². The molecule has 1 aliphatic heterocycles. The van der Waals surface area contributed by atoms with Crippen molar-refractivity contribution in [1.29, 1.82) is 0 Å². The van der Waals surface area contributed by atoms with Crippen LogP contribution in [0.15, 0.2) is 42.5 Å². The fourth-order valence-electron chi connectivity index (χ4n) is 2.11. The molecule has 6 nitrogen and oxygen atoms in total. The predicted molar refractivity (Wildman–Crippen MR) is 81.4 cm³/mol. The van der Waals surface area contributed by atoms with E-state index in [9.17, 15) is 4.79 Å². The van der Waals surface area contributed by atoms with Crippen LogP contribution in [0.25, 0.3) is 0 Å². The maximum absolute atomic E-state index is 11.9. The Balaban J connectivity index is 1.56. The maximum Gasteiger partial charge on any atom is 0.319 e. The molecular weight excluding hydrogens is 284 g/mol. The summed E-state index contributed by atoms with van der Waals surface area (Å²) in [6.07, 6.45) is 0. The van der Waals surface area contributed by atoms with Crippen LogP contribution in [0.5, 0.6) is 17.2 Å². The molecule has 1 heterocycles. The second-order valence-corrected chi connectivity index (χ2v) is 4.73. The van der Waals surface area contributed by atoms with E-state index in [1.54, 1.807) is 19.2 Å². The van der Waals surface area contributed by atoms with Crippen LogP contribution in [0.4, 0.5) is 10.5 Å². The van der Waals surface area contributed by atoms with Crippen molar-refractivity contribution < 1.29 is 19.0 Å². The summed E-state index contributed by atoms with van der Waals surface area (Å²) in [5.41, 5.74) is 1.60. The second kappa shape index (κ2) is 6.26. The number of carbonyl (C=O) groups is 1. The first-order chi connectivity index (χ1) is 10.7. The fourth-order valence-corrected chi connectivity index (χ4v) is 2.11. The van der Waals surface area contributed by atoms with E-state index in [4.69, 9.17) is 14.2 Å². The minimum atomic E-state index is -0.286. The zero-order valence-corrected chi connectivity index (χ0v) is 12.1. The van der Waals surface area contributed by atoms with Gasteiger partial charge in [-0.15, -0.1) is 0 Å². The molecule has 0 aliphatic carbocycles. The maximum atomic E-state index is 11.9. The zero-order chi connectivity index (χ0) is 15.4. The highest BCUT2D eigenvalue weighted by Crippen LogP contribution is 2.32. The first-order valence-electron chi connectivity index (χ1n) is 6.82. The summed E-state index contributed by atoms with van der Waals surface area (Å²) >= 11 is 0. The Kier molecular flexibility index (Phi) is 4.00. The van der Waals surface area contributed by atoms with E-state index in [1.165, 1.54) is 0 Å². The molecule has 0 atom stereocenters. The quantitative estimate of drug-likeness (QED) is 0.911. The summed E-state index contributed by atoms with van der Waals surface area (Å²) in [5.74, 6) is 2.12. The molecule has 2 N–H and O–H groups in total. The Labute approximate surface area is 128 Å². The normalized spacial score (nSPS) is 11.9. The molecule has 0 bridgehead atoms. The number of benzene rings is 2. The van der Waals surface area contributed by atoms with Crippen molar-refractivity contribution in [3.63, 3.8) is 0 Å². The van der Waals surface area contributed by atoms with Crippen molar-refractivity contribution in [2.45, 2.75) is 6.54 Å². The molecule has 0 saturated carbocycles. The molecule has 2 aromatic rings. The molecule has 0 aromatic heterocycles. The molecule has 2 amide bonds. The lowest BCUT2D eigenvalue weighted by molar-refractivity contribution is 0.174. The number of urea groups is 1.